The Morgan fingerprint density at radius 2 is 2.19 bits per heavy atom. The van der Waals surface area contributed by atoms with Crippen LogP contribution < -0.4 is 5.73 Å². The molecule has 0 unspecified atom stereocenters. The molecule has 0 atom stereocenters. The van der Waals surface area contributed by atoms with Crippen LogP contribution in [0.3, 0.4) is 0 Å². The molecule has 0 aliphatic rings. The maximum absolute atomic E-state index is 5.82. The van der Waals surface area contributed by atoms with Crippen molar-refractivity contribution in [3.63, 3.8) is 0 Å². The molecule has 0 bridgehead atoms. The largest absolute Gasteiger partial charge is 0.383 e. The highest BCUT2D eigenvalue weighted by molar-refractivity contribution is 5.90. The van der Waals surface area contributed by atoms with Crippen molar-refractivity contribution in [1.29, 1.82) is 0 Å². The molecule has 5 nitrogen and oxygen atoms in total. The first-order chi connectivity index (χ1) is 7.77. The van der Waals surface area contributed by atoms with Crippen molar-refractivity contribution < 1.29 is 0 Å². The monoisotopic (exact) mass is 215 g/mol. The molecule has 2 rings (SSSR count). The van der Waals surface area contributed by atoms with E-state index in [-0.39, 0.29) is 0 Å². The molecule has 5 heteroatoms. The summed E-state index contributed by atoms with van der Waals surface area (Å²) >= 11 is 0. The standard InChI is InChI=1S/C11H13N5/c1-3-5-6-8-9-10(12)13-7-14-11(9)16(4-2)15-8/h7H,3-4H2,1-2H3,(H2,12,13,14). The van der Waals surface area contributed by atoms with Gasteiger partial charge in [0, 0.05) is 13.0 Å². The van der Waals surface area contributed by atoms with Crippen molar-refractivity contribution >= 4 is 16.9 Å². The Morgan fingerprint density at radius 1 is 1.38 bits per heavy atom. The Kier molecular flexibility index (Phi) is 2.73. The van der Waals surface area contributed by atoms with E-state index in [4.69, 9.17) is 5.73 Å². The van der Waals surface area contributed by atoms with E-state index in [0.717, 1.165) is 24.0 Å². The second kappa shape index (κ2) is 4.19. The Hall–Kier alpha value is -2.09. The van der Waals surface area contributed by atoms with Crippen LogP contribution in [0.15, 0.2) is 6.33 Å². The number of anilines is 1. The number of hydrogen-bond acceptors (Lipinski definition) is 4. The summed E-state index contributed by atoms with van der Waals surface area (Å²) in [6.07, 6.45) is 2.23. The molecular formula is C11H13N5. The van der Waals surface area contributed by atoms with Crippen LogP contribution in [0.4, 0.5) is 5.82 Å². The molecule has 0 amide bonds. The van der Waals surface area contributed by atoms with Crippen molar-refractivity contribution in [3.8, 4) is 11.8 Å². The number of nitrogen functional groups attached to an aromatic ring is 1. The first-order valence-electron chi connectivity index (χ1n) is 5.23. The van der Waals surface area contributed by atoms with Crippen molar-refractivity contribution in [3.05, 3.63) is 12.0 Å². The van der Waals surface area contributed by atoms with E-state index in [1.54, 1.807) is 4.68 Å². The molecule has 2 N–H and O–H groups in total. The predicted molar refractivity (Wildman–Crippen MR) is 62.6 cm³/mol. The van der Waals surface area contributed by atoms with Crippen LogP contribution in [0.2, 0.25) is 0 Å². The van der Waals surface area contributed by atoms with Crippen molar-refractivity contribution in [2.75, 3.05) is 5.73 Å². The normalized spacial score (nSPS) is 10.1. The molecular weight excluding hydrogens is 202 g/mol. The first kappa shape index (κ1) is 10.4. The molecule has 2 aromatic heterocycles. The van der Waals surface area contributed by atoms with Crippen LogP contribution in [-0.4, -0.2) is 19.7 Å². The third-order valence-electron chi connectivity index (χ3n) is 2.24. The summed E-state index contributed by atoms with van der Waals surface area (Å²) in [5.41, 5.74) is 7.23. The van der Waals surface area contributed by atoms with Crippen LogP contribution in [0.25, 0.3) is 11.0 Å². The molecule has 2 aromatic rings. The number of aryl methyl sites for hydroxylation is 1. The molecule has 0 radical (unpaired) electrons. The molecule has 0 aliphatic carbocycles. The summed E-state index contributed by atoms with van der Waals surface area (Å²) < 4.78 is 1.78. The number of rotatable bonds is 1. The third kappa shape index (κ3) is 1.58. The van der Waals surface area contributed by atoms with E-state index in [0.29, 0.717) is 11.5 Å². The third-order valence-corrected chi connectivity index (χ3v) is 2.24. The average Bonchev–Trinajstić information content (AvgIpc) is 2.66. The number of aromatic nitrogens is 4. The van der Waals surface area contributed by atoms with E-state index in [1.165, 1.54) is 6.33 Å². The van der Waals surface area contributed by atoms with Gasteiger partial charge in [0.2, 0.25) is 0 Å². The lowest BCUT2D eigenvalue weighted by Gasteiger charge is -1.96. The Morgan fingerprint density at radius 3 is 2.88 bits per heavy atom. The SMILES string of the molecule is CCC#Cc1nn(CC)c2ncnc(N)c12. The van der Waals surface area contributed by atoms with Gasteiger partial charge in [0.1, 0.15) is 17.8 Å². The second-order valence-electron chi connectivity index (χ2n) is 3.28. The number of nitrogens with two attached hydrogens (primary N) is 1. The Bertz CT molecular complexity index is 573. The zero-order chi connectivity index (χ0) is 11.5. The van der Waals surface area contributed by atoms with Gasteiger partial charge >= 0.3 is 0 Å². The van der Waals surface area contributed by atoms with E-state index < -0.39 is 0 Å². The summed E-state index contributed by atoms with van der Waals surface area (Å²) in [4.78, 5) is 8.15. The van der Waals surface area contributed by atoms with Crippen molar-refractivity contribution in [2.24, 2.45) is 0 Å². The highest BCUT2D eigenvalue weighted by Crippen LogP contribution is 2.20. The smallest absolute Gasteiger partial charge is 0.164 e. The number of hydrogen-bond donors (Lipinski definition) is 1. The van der Waals surface area contributed by atoms with E-state index in [9.17, 15) is 0 Å². The molecule has 16 heavy (non-hydrogen) atoms. The average molecular weight is 215 g/mol. The molecule has 0 saturated heterocycles. The van der Waals surface area contributed by atoms with Gasteiger partial charge in [-0.3, -0.25) is 0 Å². The van der Waals surface area contributed by atoms with Crippen LogP contribution in [-0.2, 0) is 6.54 Å². The lowest BCUT2D eigenvalue weighted by molar-refractivity contribution is 0.673. The predicted octanol–water partition coefficient (Wildman–Crippen LogP) is 1.19. The van der Waals surface area contributed by atoms with Crippen LogP contribution in [0, 0.1) is 11.8 Å². The van der Waals surface area contributed by atoms with E-state index in [2.05, 4.69) is 26.9 Å². The van der Waals surface area contributed by atoms with Crippen molar-refractivity contribution in [2.45, 2.75) is 26.8 Å². The second-order valence-corrected chi connectivity index (χ2v) is 3.28. The summed E-state index contributed by atoms with van der Waals surface area (Å²) in [6.45, 7) is 4.73. The topological polar surface area (TPSA) is 69.6 Å². The van der Waals surface area contributed by atoms with Gasteiger partial charge in [-0.05, 0) is 12.8 Å². The molecule has 0 aliphatic heterocycles. The Balaban J connectivity index is 2.74. The number of nitrogens with zero attached hydrogens (tertiary/aromatic N) is 4. The summed E-state index contributed by atoms with van der Waals surface area (Å²) in [5, 5.41) is 5.12. The van der Waals surface area contributed by atoms with E-state index in [1.807, 2.05) is 13.8 Å². The van der Waals surface area contributed by atoms with Gasteiger partial charge in [0.25, 0.3) is 0 Å². The maximum Gasteiger partial charge on any atom is 0.164 e. The zero-order valence-corrected chi connectivity index (χ0v) is 9.36. The quantitative estimate of drug-likeness (QED) is 0.725. The maximum atomic E-state index is 5.82. The lowest BCUT2D eigenvalue weighted by Crippen LogP contribution is -1.98. The highest BCUT2D eigenvalue weighted by Gasteiger charge is 2.12. The van der Waals surface area contributed by atoms with Gasteiger partial charge in [0.05, 0.1) is 5.39 Å². The lowest BCUT2D eigenvalue weighted by atomic mass is 10.3. The van der Waals surface area contributed by atoms with Gasteiger partial charge < -0.3 is 5.73 Å². The van der Waals surface area contributed by atoms with Gasteiger partial charge in [0.15, 0.2) is 5.65 Å². The van der Waals surface area contributed by atoms with Gasteiger partial charge in [-0.1, -0.05) is 12.8 Å². The fourth-order valence-corrected chi connectivity index (χ4v) is 1.51. The summed E-state index contributed by atoms with van der Waals surface area (Å²) in [5.74, 6) is 6.41. The fourth-order valence-electron chi connectivity index (χ4n) is 1.51. The van der Waals surface area contributed by atoms with Gasteiger partial charge in [-0.15, -0.1) is 0 Å². The minimum Gasteiger partial charge on any atom is -0.383 e. The fraction of sp³-hybridized carbons (Fsp3) is 0.364. The molecule has 0 saturated carbocycles. The van der Waals surface area contributed by atoms with Gasteiger partial charge in [-0.25, -0.2) is 14.6 Å². The number of fused-ring (bicyclic) bond motifs is 1. The molecule has 82 valence electrons. The summed E-state index contributed by atoms with van der Waals surface area (Å²) in [7, 11) is 0. The molecule has 2 heterocycles. The summed E-state index contributed by atoms with van der Waals surface area (Å²) in [6, 6.07) is 0. The minimum absolute atomic E-state index is 0.435. The minimum atomic E-state index is 0.435. The van der Waals surface area contributed by atoms with Crippen molar-refractivity contribution in [1.82, 2.24) is 19.7 Å². The molecule has 0 spiro atoms. The Labute approximate surface area is 93.7 Å². The van der Waals surface area contributed by atoms with Crippen LogP contribution in [0.1, 0.15) is 26.0 Å². The van der Waals surface area contributed by atoms with Crippen LogP contribution >= 0.6 is 0 Å². The van der Waals surface area contributed by atoms with E-state index >= 15 is 0 Å². The van der Waals surface area contributed by atoms with Gasteiger partial charge in [-0.2, -0.15) is 5.10 Å². The first-order valence-corrected chi connectivity index (χ1v) is 5.23. The highest BCUT2D eigenvalue weighted by atomic mass is 15.3. The molecule has 0 fully saturated rings. The molecule has 0 aromatic carbocycles. The van der Waals surface area contributed by atoms with Crippen LogP contribution in [0.5, 0.6) is 0 Å². The zero-order valence-electron chi connectivity index (χ0n) is 9.36.